The van der Waals surface area contributed by atoms with Crippen molar-refractivity contribution in [1.82, 2.24) is 0 Å². The van der Waals surface area contributed by atoms with Crippen LogP contribution >= 0.6 is 15.9 Å². The van der Waals surface area contributed by atoms with Gasteiger partial charge in [0, 0.05) is 17.3 Å². The third kappa shape index (κ3) is 2.21. The van der Waals surface area contributed by atoms with Gasteiger partial charge in [0.2, 0.25) is 0 Å². The van der Waals surface area contributed by atoms with E-state index >= 15 is 0 Å². The first kappa shape index (κ1) is 14.1. The van der Waals surface area contributed by atoms with Crippen molar-refractivity contribution in [2.75, 3.05) is 4.90 Å². The van der Waals surface area contributed by atoms with Gasteiger partial charge in [0.15, 0.2) is 5.82 Å². The number of hydrogen-bond donors (Lipinski definition) is 2. The molecule has 2 aromatic rings. The second kappa shape index (κ2) is 5.15. The minimum Gasteiger partial charge on any atom is -0.384 e. The SMILES string of the molecule is CC1Cc2ccccc2N1c1ccc(C(=N)N)c(Br)c1F. The van der Waals surface area contributed by atoms with E-state index in [-0.39, 0.29) is 22.2 Å². The first-order valence-electron chi connectivity index (χ1n) is 6.70. The number of nitrogens with zero attached hydrogens (tertiary/aromatic N) is 1. The topological polar surface area (TPSA) is 53.1 Å². The molecule has 0 radical (unpaired) electrons. The Morgan fingerprint density at radius 2 is 2.00 bits per heavy atom. The number of nitrogen functional groups attached to an aromatic ring is 1. The molecule has 1 aliphatic rings. The number of nitrogens with two attached hydrogens (primary N) is 1. The number of amidine groups is 1. The molecule has 0 fully saturated rings. The van der Waals surface area contributed by atoms with Crippen LogP contribution in [0.5, 0.6) is 0 Å². The number of fused-ring (bicyclic) bond motifs is 1. The normalized spacial score (nSPS) is 16.9. The summed E-state index contributed by atoms with van der Waals surface area (Å²) in [4.78, 5) is 2.00. The second-order valence-electron chi connectivity index (χ2n) is 5.23. The van der Waals surface area contributed by atoms with Crippen LogP contribution in [0.1, 0.15) is 18.1 Å². The highest BCUT2D eigenvalue weighted by Crippen LogP contribution is 2.41. The molecule has 3 rings (SSSR count). The Morgan fingerprint density at radius 3 is 2.71 bits per heavy atom. The fourth-order valence-electron chi connectivity index (χ4n) is 2.87. The molecule has 1 unspecified atom stereocenters. The minimum absolute atomic E-state index is 0.151. The molecule has 1 aliphatic heterocycles. The van der Waals surface area contributed by atoms with Gasteiger partial charge in [0.25, 0.3) is 0 Å². The Balaban J connectivity index is 2.14. The van der Waals surface area contributed by atoms with Crippen LogP contribution in [0, 0.1) is 11.2 Å². The summed E-state index contributed by atoms with van der Waals surface area (Å²) >= 11 is 3.22. The average Bonchev–Trinajstić information content (AvgIpc) is 2.77. The number of nitrogens with one attached hydrogen (secondary N) is 1. The highest BCUT2D eigenvalue weighted by atomic mass is 79.9. The van der Waals surface area contributed by atoms with Crippen molar-refractivity contribution in [3.8, 4) is 0 Å². The van der Waals surface area contributed by atoms with Crippen LogP contribution in [0.4, 0.5) is 15.8 Å². The van der Waals surface area contributed by atoms with E-state index in [2.05, 4.69) is 28.9 Å². The molecule has 3 N–H and O–H groups in total. The average molecular weight is 348 g/mol. The van der Waals surface area contributed by atoms with Gasteiger partial charge in [-0.15, -0.1) is 0 Å². The van der Waals surface area contributed by atoms with Crippen molar-refractivity contribution in [3.05, 3.63) is 57.8 Å². The van der Waals surface area contributed by atoms with Gasteiger partial charge in [0.1, 0.15) is 5.84 Å². The van der Waals surface area contributed by atoms with Crippen LogP contribution in [0.25, 0.3) is 0 Å². The zero-order chi connectivity index (χ0) is 15.1. The molecule has 5 heteroatoms. The van der Waals surface area contributed by atoms with E-state index in [0.29, 0.717) is 11.3 Å². The summed E-state index contributed by atoms with van der Waals surface area (Å²) in [5.74, 6) is -0.534. The molecule has 0 spiro atoms. The lowest BCUT2D eigenvalue weighted by atomic mass is 10.1. The molecule has 0 bridgehead atoms. The third-order valence-electron chi connectivity index (χ3n) is 3.82. The van der Waals surface area contributed by atoms with Gasteiger partial charge >= 0.3 is 0 Å². The molecular weight excluding hydrogens is 333 g/mol. The van der Waals surface area contributed by atoms with Gasteiger partial charge in [-0.2, -0.15) is 0 Å². The second-order valence-corrected chi connectivity index (χ2v) is 6.02. The van der Waals surface area contributed by atoms with Crippen molar-refractivity contribution in [1.29, 1.82) is 5.41 Å². The van der Waals surface area contributed by atoms with Crippen molar-refractivity contribution >= 4 is 33.1 Å². The molecule has 1 atom stereocenters. The van der Waals surface area contributed by atoms with Gasteiger partial charge in [-0.3, -0.25) is 5.41 Å². The Labute approximate surface area is 131 Å². The lowest BCUT2D eigenvalue weighted by Gasteiger charge is -2.26. The van der Waals surface area contributed by atoms with Gasteiger partial charge in [0.05, 0.1) is 10.2 Å². The van der Waals surface area contributed by atoms with Crippen LogP contribution in [-0.4, -0.2) is 11.9 Å². The van der Waals surface area contributed by atoms with Gasteiger partial charge in [-0.1, -0.05) is 18.2 Å². The van der Waals surface area contributed by atoms with Gasteiger partial charge in [-0.05, 0) is 53.0 Å². The van der Waals surface area contributed by atoms with Crippen molar-refractivity contribution < 1.29 is 4.39 Å². The van der Waals surface area contributed by atoms with E-state index < -0.39 is 0 Å². The summed E-state index contributed by atoms with van der Waals surface area (Å²) in [5, 5.41) is 7.48. The molecule has 0 aromatic heterocycles. The summed E-state index contributed by atoms with van der Waals surface area (Å²) < 4.78 is 14.9. The number of benzene rings is 2. The quantitative estimate of drug-likeness (QED) is 0.638. The standard InChI is InChI=1S/C16H15BrFN3/c1-9-8-10-4-2-3-5-12(10)21(9)13-7-6-11(16(19)20)14(17)15(13)18/h2-7,9H,8H2,1H3,(H3,19,20). The monoisotopic (exact) mass is 347 g/mol. The van der Waals surface area contributed by atoms with E-state index in [1.165, 1.54) is 5.56 Å². The number of rotatable bonds is 2. The van der Waals surface area contributed by atoms with Gasteiger partial charge < -0.3 is 10.6 Å². The third-order valence-corrected chi connectivity index (χ3v) is 4.59. The first-order valence-corrected chi connectivity index (χ1v) is 7.49. The van der Waals surface area contributed by atoms with Crippen LogP contribution in [-0.2, 0) is 6.42 Å². The smallest absolute Gasteiger partial charge is 0.161 e. The molecule has 0 saturated heterocycles. The molecular formula is C16H15BrFN3. The number of para-hydroxylation sites is 1. The summed E-state index contributed by atoms with van der Waals surface area (Å²) in [6.07, 6.45) is 0.891. The molecule has 108 valence electrons. The van der Waals surface area contributed by atoms with Crippen molar-refractivity contribution in [3.63, 3.8) is 0 Å². The largest absolute Gasteiger partial charge is 0.384 e. The zero-order valence-corrected chi connectivity index (χ0v) is 13.1. The maximum Gasteiger partial charge on any atom is 0.161 e. The highest BCUT2D eigenvalue weighted by Gasteiger charge is 2.29. The summed E-state index contributed by atoms with van der Waals surface area (Å²) in [6.45, 7) is 2.08. The summed E-state index contributed by atoms with van der Waals surface area (Å²) in [5.41, 5.74) is 8.59. The molecule has 0 aliphatic carbocycles. The molecule has 0 amide bonds. The van der Waals surface area contributed by atoms with E-state index in [4.69, 9.17) is 11.1 Å². The molecule has 0 saturated carbocycles. The Hall–Kier alpha value is -1.88. The van der Waals surface area contributed by atoms with E-state index in [1.54, 1.807) is 12.1 Å². The van der Waals surface area contributed by atoms with E-state index in [9.17, 15) is 4.39 Å². The maximum absolute atomic E-state index is 14.7. The Kier molecular flexibility index (Phi) is 3.45. The number of hydrogen-bond acceptors (Lipinski definition) is 2. The molecule has 2 aromatic carbocycles. The van der Waals surface area contributed by atoms with Crippen molar-refractivity contribution in [2.45, 2.75) is 19.4 Å². The van der Waals surface area contributed by atoms with Gasteiger partial charge in [-0.25, -0.2) is 4.39 Å². The predicted octanol–water partition coefficient (Wildman–Crippen LogP) is 3.95. The lowest BCUT2D eigenvalue weighted by molar-refractivity contribution is 0.611. The highest BCUT2D eigenvalue weighted by molar-refractivity contribution is 9.10. The van der Waals surface area contributed by atoms with Crippen molar-refractivity contribution in [2.24, 2.45) is 5.73 Å². The number of halogens is 2. The summed E-state index contributed by atoms with van der Waals surface area (Å²) in [6, 6.07) is 11.6. The lowest BCUT2D eigenvalue weighted by Crippen LogP contribution is -2.25. The molecule has 21 heavy (non-hydrogen) atoms. The van der Waals surface area contributed by atoms with E-state index in [0.717, 1.165) is 12.1 Å². The zero-order valence-electron chi connectivity index (χ0n) is 11.5. The van der Waals surface area contributed by atoms with Crippen LogP contribution < -0.4 is 10.6 Å². The maximum atomic E-state index is 14.7. The Bertz CT molecular complexity index is 729. The van der Waals surface area contributed by atoms with Crippen LogP contribution in [0.15, 0.2) is 40.9 Å². The van der Waals surface area contributed by atoms with Crippen LogP contribution in [0.2, 0.25) is 0 Å². The molecule has 1 heterocycles. The Morgan fingerprint density at radius 1 is 1.29 bits per heavy atom. The fourth-order valence-corrected chi connectivity index (χ4v) is 3.41. The predicted molar refractivity (Wildman–Crippen MR) is 86.9 cm³/mol. The number of anilines is 2. The first-order chi connectivity index (χ1) is 10.0. The summed E-state index contributed by atoms with van der Waals surface area (Å²) in [7, 11) is 0. The van der Waals surface area contributed by atoms with E-state index in [1.807, 2.05) is 23.1 Å². The van der Waals surface area contributed by atoms with Crippen LogP contribution in [0.3, 0.4) is 0 Å². The fraction of sp³-hybridized carbons (Fsp3) is 0.188. The minimum atomic E-state index is -0.383. The molecule has 3 nitrogen and oxygen atoms in total.